The lowest BCUT2D eigenvalue weighted by molar-refractivity contribution is -0.137. The van der Waals surface area contributed by atoms with E-state index in [2.05, 4.69) is 10.1 Å². The minimum absolute atomic E-state index is 0.0471. The highest BCUT2D eigenvalue weighted by molar-refractivity contribution is 5.81. The largest absolute Gasteiger partial charge is 0.493 e. The van der Waals surface area contributed by atoms with Gasteiger partial charge in [-0.2, -0.15) is 18.3 Å². The van der Waals surface area contributed by atoms with E-state index in [1.807, 2.05) is 0 Å². The molecule has 9 heteroatoms. The van der Waals surface area contributed by atoms with Crippen molar-refractivity contribution in [2.75, 3.05) is 12.8 Å². The predicted octanol–water partition coefficient (Wildman–Crippen LogP) is 4.26. The number of aromatic nitrogens is 2. The average molecular weight is 404 g/mol. The first-order valence-corrected chi connectivity index (χ1v) is 8.59. The van der Waals surface area contributed by atoms with Crippen LogP contribution < -0.4 is 15.2 Å². The summed E-state index contributed by atoms with van der Waals surface area (Å²) in [6.45, 7) is 1.75. The standard InChI is InChI=1S/C20H19F3N4O2/c1-13-11-27(19(24)26-13)25-10-14-6-7-17(28-2)18(9-14)29-12-15-4-3-5-16(8-15)20(21,22)23/h3-11H,12H2,1-2H3,(H2,24,26). The summed E-state index contributed by atoms with van der Waals surface area (Å²) in [6.07, 6.45) is -1.16. The third-order valence-corrected chi connectivity index (χ3v) is 4.00. The quantitative estimate of drug-likeness (QED) is 0.623. The van der Waals surface area contributed by atoms with Crippen LogP contribution in [0.2, 0.25) is 0 Å². The summed E-state index contributed by atoms with van der Waals surface area (Å²) in [6, 6.07) is 10.1. The zero-order chi connectivity index (χ0) is 21.0. The smallest absolute Gasteiger partial charge is 0.416 e. The molecule has 0 spiro atoms. The molecule has 0 atom stereocenters. The van der Waals surface area contributed by atoms with Gasteiger partial charge in [0.25, 0.3) is 0 Å². The van der Waals surface area contributed by atoms with E-state index in [9.17, 15) is 13.2 Å². The van der Waals surface area contributed by atoms with Crippen LogP contribution in [0.3, 0.4) is 0 Å². The zero-order valence-electron chi connectivity index (χ0n) is 15.8. The molecule has 152 valence electrons. The summed E-state index contributed by atoms with van der Waals surface area (Å²) in [5.41, 5.74) is 6.84. The molecule has 0 aliphatic carbocycles. The Morgan fingerprint density at radius 3 is 2.62 bits per heavy atom. The first-order chi connectivity index (χ1) is 13.8. The van der Waals surface area contributed by atoms with Gasteiger partial charge in [0, 0.05) is 0 Å². The van der Waals surface area contributed by atoms with Crippen molar-refractivity contribution in [3.8, 4) is 11.5 Å². The lowest BCUT2D eigenvalue weighted by atomic mass is 10.1. The van der Waals surface area contributed by atoms with E-state index >= 15 is 0 Å². The number of imidazole rings is 1. The number of rotatable bonds is 6. The summed E-state index contributed by atoms with van der Waals surface area (Å²) in [5.74, 6) is 1.09. The fourth-order valence-corrected chi connectivity index (χ4v) is 2.61. The van der Waals surface area contributed by atoms with Crippen molar-refractivity contribution in [3.05, 3.63) is 71.0 Å². The van der Waals surface area contributed by atoms with Crippen LogP contribution in [-0.2, 0) is 12.8 Å². The molecule has 0 unspecified atom stereocenters. The first kappa shape index (κ1) is 20.2. The number of nitrogens with two attached hydrogens (primary N) is 1. The molecule has 0 saturated carbocycles. The fraction of sp³-hybridized carbons (Fsp3) is 0.200. The van der Waals surface area contributed by atoms with Crippen LogP contribution in [-0.4, -0.2) is 23.0 Å². The van der Waals surface area contributed by atoms with E-state index in [4.69, 9.17) is 15.2 Å². The molecule has 3 rings (SSSR count). The van der Waals surface area contributed by atoms with Gasteiger partial charge in [0.2, 0.25) is 5.95 Å². The molecular weight excluding hydrogens is 385 g/mol. The van der Waals surface area contributed by atoms with Crippen LogP contribution in [0, 0.1) is 6.92 Å². The van der Waals surface area contributed by atoms with Crippen molar-refractivity contribution >= 4 is 12.2 Å². The minimum Gasteiger partial charge on any atom is -0.493 e. The van der Waals surface area contributed by atoms with Gasteiger partial charge in [-0.05, 0) is 48.4 Å². The number of alkyl halides is 3. The van der Waals surface area contributed by atoms with Gasteiger partial charge < -0.3 is 15.2 Å². The van der Waals surface area contributed by atoms with Crippen LogP contribution >= 0.6 is 0 Å². The van der Waals surface area contributed by atoms with Crippen LogP contribution in [0.25, 0.3) is 0 Å². The minimum atomic E-state index is -4.41. The molecule has 0 saturated heterocycles. The number of halogens is 3. The second kappa shape index (κ2) is 8.26. The maximum absolute atomic E-state index is 12.9. The lowest BCUT2D eigenvalue weighted by Gasteiger charge is -2.13. The van der Waals surface area contributed by atoms with Gasteiger partial charge in [0.1, 0.15) is 6.61 Å². The number of hydrogen-bond acceptors (Lipinski definition) is 5. The van der Waals surface area contributed by atoms with E-state index in [0.717, 1.165) is 17.8 Å². The Morgan fingerprint density at radius 1 is 1.17 bits per heavy atom. The second-order valence-corrected chi connectivity index (χ2v) is 6.23. The van der Waals surface area contributed by atoms with Crippen molar-refractivity contribution in [1.82, 2.24) is 9.66 Å². The maximum atomic E-state index is 12.9. The molecule has 29 heavy (non-hydrogen) atoms. The predicted molar refractivity (Wildman–Crippen MR) is 103 cm³/mol. The van der Waals surface area contributed by atoms with Crippen LogP contribution in [0.15, 0.2) is 53.8 Å². The fourth-order valence-electron chi connectivity index (χ4n) is 2.61. The SMILES string of the molecule is COc1ccc(C=Nn2cc(C)nc2N)cc1OCc1cccc(C(F)(F)F)c1. The molecule has 0 radical (unpaired) electrons. The van der Waals surface area contributed by atoms with Gasteiger partial charge in [-0.15, -0.1) is 0 Å². The van der Waals surface area contributed by atoms with Crippen LogP contribution in [0.5, 0.6) is 11.5 Å². The third-order valence-electron chi connectivity index (χ3n) is 4.00. The Kier molecular flexibility index (Phi) is 5.76. The van der Waals surface area contributed by atoms with E-state index < -0.39 is 11.7 Å². The molecule has 0 fully saturated rings. The van der Waals surface area contributed by atoms with Gasteiger partial charge in [-0.25, -0.2) is 9.66 Å². The maximum Gasteiger partial charge on any atom is 0.416 e. The Balaban J connectivity index is 1.78. The highest BCUT2D eigenvalue weighted by atomic mass is 19.4. The molecule has 0 amide bonds. The molecule has 2 aromatic carbocycles. The van der Waals surface area contributed by atoms with Crippen LogP contribution in [0.4, 0.5) is 19.1 Å². The highest BCUT2D eigenvalue weighted by Gasteiger charge is 2.30. The number of hydrogen-bond donors (Lipinski definition) is 1. The zero-order valence-corrected chi connectivity index (χ0v) is 15.8. The molecule has 6 nitrogen and oxygen atoms in total. The van der Waals surface area contributed by atoms with Gasteiger partial charge in [-0.3, -0.25) is 0 Å². The van der Waals surface area contributed by atoms with E-state index in [1.165, 1.54) is 17.9 Å². The van der Waals surface area contributed by atoms with Crippen molar-refractivity contribution < 1.29 is 22.6 Å². The number of nitrogens with zero attached hydrogens (tertiary/aromatic N) is 3. The van der Waals surface area contributed by atoms with Gasteiger partial charge in [-0.1, -0.05) is 12.1 Å². The average Bonchev–Trinajstić information content (AvgIpc) is 3.01. The summed E-state index contributed by atoms with van der Waals surface area (Å²) >= 11 is 0. The number of benzene rings is 2. The Morgan fingerprint density at radius 2 is 1.97 bits per heavy atom. The number of aryl methyl sites for hydroxylation is 1. The van der Waals surface area contributed by atoms with Gasteiger partial charge in [0.05, 0.1) is 30.8 Å². The van der Waals surface area contributed by atoms with Crippen LogP contribution in [0.1, 0.15) is 22.4 Å². The molecule has 0 aliphatic rings. The normalized spacial score (nSPS) is 11.8. The van der Waals surface area contributed by atoms with Gasteiger partial charge in [0.15, 0.2) is 11.5 Å². The molecule has 1 aromatic heterocycles. The summed E-state index contributed by atoms with van der Waals surface area (Å²) in [4.78, 5) is 4.06. The summed E-state index contributed by atoms with van der Waals surface area (Å²) in [7, 11) is 1.48. The molecular formula is C20H19F3N4O2. The summed E-state index contributed by atoms with van der Waals surface area (Å²) in [5, 5.41) is 4.23. The Hall–Kier alpha value is -3.49. The molecule has 3 aromatic rings. The van der Waals surface area contributed by atoms with E-state index in [1.54, 1.807) is 43.6 Å². The lowest BCUT2D eigenvalue weighted by Crippen LogP contribution is -2.06. The monoisotopic (exact) mass is 404 g/mol. The number of methoxy groups -OCH3 is 1. The van der Waals surface area contributed by atoms with Crippen molar-refractivity contribution in [1.29, 1.82) is 0 Å². The molecule has 2 N–H and O–H groups in total. The first-order valence-electron chi connectivity index (χ1n) is 8.59. The third kappa shape index (κ3) is 5.07. The van der Waals surface area contributed by atoms with Gasteiger partial charge >= 0.3 is 6.18 Å². The molecule has 0 bridgehead atoms. The van der Waals surface area contributed by atoms with Crippen molar-refractivity contribution in [2.24, 2.45) is 5.10 Å². The number of anilines is 1. The van der Waals surface area contributed by atoms with Crippen molar-refractivity contribution in [3.63, 3.8) is 0 Å². The summed E-state index contributed by atoms with van der Waals surface area (Å²) < 4.78 is 51.0. The Bertz CT molecular complexity index is 1030. The van der Waals surface area contributed by atoms with E-state index in [0.29, 0.717) is 22.6 Å². The molecule has 1 heterocycles. The highest BCUT2D eigenvalue weighted by Crippen LogP contribution is 2.31. The number of ether oxygens (including phenoxy) is 2. The Labute approximate surface area is 165 Å². The topological polar surface area (TPSA) is 74.7 Å². The molecule has 0 aliphatic heterocycles. The number of nitrogen functional groups attached to an aromatic ring is 1. The second-order valence-electron chi connectivity index (χ2n) is 6.23. The van der Waals surface area contributed by atoms with E-state index in [-0.39, 0.29) is 12.6 Å². The van der Waals surface area contributed by atoms with Crippen molar-refractivity contribution in [2.45, 2.75) is 19.7 Å².